The molecule has 0 heterocycles. The van der Waals surface area contributed by atoms with Crippen LogP contribution < -0.4 is 10.1 Å². The molecule has 0 aliphatic rings. The molecule has 3 aromatic rings. The van der Waals surface area contributed by atoms with Crippen LogP contribution in [0.1, 0.15) is 15.9 Å². The summed E-state index contributed by atoms with van der Waals surface area (Å²) in [6.07, 6.45) is -1.12. The predicted molar refractivity (Wildman–Crippen MR) is 116 cm³/mol. The zero-order valence-corrected chi connectivity index (χ0v) is 17.3. The van der Waals surface area contributed by atoms with Crippen LogP contribution in [0.15, 0.2) is 60.7 Å². The number of halogens is 2. The molecule has 0 amide bonds. The van der Waals surface area contributed by atoms with Gasteiger partial charge in [-0.25, -0.2) is 4.39 Å². The van der Waals surface area contributed by atoms with Crippen LogP contribution in [0.3, 0.4) is 0 Å². The number of nitrogens with one attached hydrogen (secondary N) is 1. The van der Waals surface area contributed by atoms with E-state index in [1.165, 1.54) is 48.5 Å². The zero-order chi connectivity index (χ0) is 23.3. The minimum absolute atomic E-state index is 0.0139. The molecule has 0 aliphatic carbocycles. The fraction of sp³-hybridized carbons (Fsp3) is 0.136. The number of ketones is 1. The van der Waals surface area contributed by atoms with E-state index in [9.17, 15) is 24.4 Å². The molecule has 0 saturated carbocycles. The second-order valence-electron chi connectivity index (χ2n) is 6.71. The third-order valence-electron chi connectivity index (χ3n) is 4.43. The highest BCUT2D eigenvalue weighted by molar-refractivity contribution is 6.35. The van der Waals surface area contributed by atoms with Gasteiger partial charge in [0.05, 0.1) is 22.1 Å². The topological polar surface area (TPSA) is 122 Å². The highest BCUT2D eigenvalue weighted by Gasteiger charge is 2.19. The fourth-order valence-electron chi connectivity index (χ4n) is 2.83. The van der Waals surface area contributed by atoms with E-state index in [2.05, 4.69) is 5.32 Å². The number of aliphatic hydroxyl groups is 2. The van der Waals surface area contributed by atoms with Crippen molar-refractivity contribution in [1.29, 1.82) is 0 Å². The van der Waals surface area contributed by atoms with Gasteiger partial charge in [-0.1, -0.05) is 23.7 Å². The smallest absolute Gasteiger partial charge is 0.292 e. The van der Waals surface area contributed by atoms with Crippen LogP contribution in [0.4, 0.5) is 21.5 Å². The summed E-state index contributed by atoms with van der Waals surface area (Å²) in [4.78, 5) is 23.5. The molecule has 1 atom stereocenters. The first kappa shape index (κ1) is 23.1. The number of ether oxygens (including phenoxy) is 1. The van der Waals surface area contributed by atoms with Gasteiger partial charge < -0.3 is 20.3 Å². The lowest BCUT2D eigenvalue weighted by molar-refractivity contribution is -0.383. The van der Waals surface area contributed by atoms with Gasteiger partial charge in [0.1, 0.15) is 30.0 Å². The summed E-state index contributed by atoms with van der Waals surface area (Å²) in [6.45, 7) is -0.738. The minimum atomic E-state index is -1.12. The monoisotopic (exact) mass is 460 g/mol. The summed E-state index contributed by atoms with van der Waals surface area (Å²) in [5.74, 6) is -1.35. The maximum Gasteiger partial charge on any atom is 0.292 e. The van der Waals surface area contributed by atoms with Crippen molar-refractivity contribution in [3.05, 3.63) is 92.7 Å². The molecule has 10 heteroatoms. The molecule has 0 spiro atoms. The summed E-state index contributed by atoms with van der Waals surface area (Å²) in [5.41, 5.74) is 0.243. The van der Waals surface area contributed by atoms with Gasteiger partial charge in [0.15, 0.2) is 5.78 Å². The van der Waals surface area contributed by atoms with Gasteiger partial charge in [-0.05, 0) is 42.5 Å². The highest BCUT2D eigenvalue weighted by atomic mass is 35.5. The maximum atomic E-state index is 14.3. The maximum absolute atomic E-state index is 14.3. The lowest BCUT2D eigenvalue weighted by atomic mass is 10.0. The summed E-state index contributed by atoms with van der Waals surface area (Å²) in [5, 5.41) is 32.3. The van der Waals surface area contributed by atoms with E-state index in [-0.39, 0.29) is 39.9 Å². The first-order valence-corrected chi connectivity index (χ1v) is 9.74. The average Bonchev–Trinajstić information content (AvgIpc) is 2.78. The van der Waals surface area contributed by atoms with Gasteiger partial charge in [0.2, 0.25) is 0 Å². The number of benzene rings is 3. The number of aliphatic hydroxyl groups excluding tert-OH is 2. The fourth-order valence-corrected chi connectivity index (χ4v) is 3.10. The number of anilines is 2. The first-order chi connectivity index (χ1) is 15.3. The Hall–Kier alpha value is -3.53. The number of rotatable bonds is 9. The third kappa shape index (κ3) is 5.38. The lowest BCUT2D eigenvalue weighted by Crippen LogP contribution is -2.21. The van der Waals surface area contributed by atoms with E-state index in [0.29, 0.717) is 5.69 Å². The Morgan fingerprint density at radius 2 is 1.91 bits per heavy atom. The largest absolute Gasteiger partial charge is 0.491 e. The molecule has 0 bridgehead atoms. The molecule has 1 unspecified atom stereocenters. The molecule has 0 fully saturated rings. The molecule has 8 nitrogen and oxygen atoms in total. The molecular weight excluding hydrogens is 443 g/mol. The Labute approximate surface area is 187 Å². The van der Waals surface area contributed by atoms with Crippen LogP contribution >= 0.6 is 11.6 Å². The van der Waals surface area contributed by atoms with Gasteiger partial charge in [-0.15, -0.1) is 0 Å². The SMILES string of the molecule is O=C(c1cc(OCC(O)CO)ccc1F)c1ccc(Nc2ccccc2[N+](=O)[O-])cc1Cl. The standard InChI is InChI=1S/C22H18ClFN2O6/c23-18-9-13(25-20-3-1-2-4-21(20)26(30)31)5-7-16(18)22(29)17-10-15(6-8-19(17)24)32-12-14(28)11-27/h1-10,14,25,27-28H,11-12H2. The molecule has 3 aromatic carbocycles. The van der Waals surface area contributed by atoms with Gasteiger partial charge in [-0.2, -0.15) is 0 Å². The molecular formula is C22H18ClFN2O6. The van der Waals surface area contributed by atoms with Crippen LogP contribution in [0.5, 0.6) is 5.75 Å². The van der Waals surface area contributed by atoms with E-state index in [1.807, 2.05) is 0 Å². The number of hydrogen-bond acceptors (Lipinski definition) is 7. The number of hydrogen-bond donors (Lipinski definition) is 3. The third-order valence-corrected chi connectivity index (χ3v) is 4.74. The van der Waals surface area contributed by atoms with Gasteiger partial charge in [-0.3, -0.25) is 14.9 Å². The molecule has 3 rings (SSSR count). The van der Waals surface area contributed by atoms with Crippen molar-refractivity contribution in [2.45, 2.75) is 6.10 Å². The molecule has 3 N–H and O–H groups in total. The van der Waals surface area contributed by atoms with E-state index >= 15 is 0 Å². The van der Waals surface area contributed by atoms with E-state index in [4.69, 9.17) is 21.4 Å². The van der Waals surface area contributed by atoms with Gasteiger partial charge in [0, 0.05) is 17.3 Å². The molecule has 0 radical (unpaired) electrons. The lowest BCUT2D eigenvalue weighted by Gasteiger charge is -2.12. The first-order valence-electron chi connectivity index (χ1n) is 9.36. The van der Waals surface area contributed by atoms with Crippen molar-refractivity contribution in [1.82, 2.24) is 0 Å². The highest BCUT2D eigenvalue weighted by Crippen LogP contribution is 2.30. The second kappa shape index (κ2) is 10.2. The predicted octanol–water partition coefficient (Wildman–Crippen LogP) is 4.09. The Morgan fingerprint density at radius 1 is 1.16 bits per heavy atom. The van der Waals surface area contributed by atoms with Crippen molar-refractivity contribution in [3.63, 3.8) is 0 Å². The summed E-state index contributed by atoms with van der Waals surface area (Å²) >= 11 is 6.25. The summed E-state index contributed by atoms with van der Waals surface area (Å²) in [6, 6.07) is 13.8. The van der Waals surface area contributed by atoms with Crippen LogP contribution in [0.25, 0.3) is 0 Å². The van der Waals surface area contributed by atoms with E-state index in [0.717, 1.165) is 6.07 Å². The van der Waals surface area contributed by atoms with E-state index < -0.39 is 29.2 Å². The molecule has 32 heavy (non-hydrogen) atoms. The van der Waals surface area contributed by atoms with Crippen molar-refractivity contribution in [2.75, 3.05) is 18.5 Å². The van der Waals surface area contributed by atoms with Gasteiger partial charge >= 0.3 is 0 Å². The van der Waals surface area contributed by atoms with Crippen molar-refractivity contribution >= 4 is 34.4 Å². The Morgan fingerprint density at radius 3 is 2.59 bits per heavy atom. The Bertz CT molecular complexity index is 1160. The number of nitro benzene ring substituents is 1. The van der Waals surface area contributed by atoms with Gasteiger partial charge in [0.25, 0.3) is 5.69 Å². The van der Waals surface area contributed by atoms with Crippen LogP contribution in [0, 0.1) is 15.9 Å². The van der Waals surface area contributed by atoms with Crippen LogP contribution in [-0.4, -0.2) is 40.2 Å². The van der Waals surface area contributed by atoms with Crippen molar-refractivity contribution in [2.24, 2.45) is 0 Å². The molecule has 0 aromatic heterocycles. The van der Waals surface area contributed by atoms with Crippen LogP contribution in [-0.2, 0) is 0 Å². The van der Waals surface area contributed by atoms with Crippen molar-refractivity contribution < 1.29 is 29.1 Å². The number of nitrogens with zero attached hydrogens (tertiary/aromatic N) is 1. The minimum Gasteiger partial charge on any atom is -0.491 e. The number of para-hydroxylation sites is 2. The van der Waals surface area contributed by atoms with E-state index in [1.54, 1.807) is 6.07 Å². The molecule has 0 saturated heterocycles. The zero-order valence-electron chi connectivity index (χ0n) is 16.5. The Kier molecular flexibility index (Phi) is 7.37. The number of carbonyl (C=O) groups excluding carboxylic acids is 1. The average molecular weight is 461 g/mol. The number of nitro groups is 1. The quantitative estimate of drug-likeness (QED) is 0.249. The molecule has 0 aliphatic heterocycles. The van der Waals surface area contributed by atoms with Crippen molar-refractivity contribution in [3.8, 4) is 5.75 Å². The summed E-state index contributed by atoms with van der Waals surface area (Å²) in [7, 11) is 0. The summed E-state index contributed by atoms with van der Waals surface area (Å²) < 4.78 is 19.6. The number of carbonyl (C=O) groups is 1. The Balaban J connectivity index is 1.84. The normalized spacial score (nSPS) is 11.6. The molecule has 166 valence electrons. The van der Waals surface area contributed by atoms with Crippen LogP contribution in [0.2, 0.25) is 5.02 Å². The second-order valence-corrected chi connectivity index (χ2v) is 7.12.